The van der Waals surface area contributed by atoms with E-state index in [4.69, 9.17) is 0 Å². The lowest BCUT2D eigenvalue weighted by Crippen LogP contribution is -2.32. The van der Waals surface area contributed by atoms with Crippen LogP contribution in [0, 0.1) is 6.92 Å². The van der Waals surface area contributed by atoms with Crippen LogP contribution in [0.1, 0.15) is 29.3 Å². The van der Waals surface area contributed by atoms with Crippen LogP contribution in [0.4, 0.5) is 0 Å². The van der Waals surface area contributed by atoms with Gasteiger partial charge in [0, 0.05) is 18.3 Å². The summed E-state index contributed by atoms with van der Waals surface area (Å²) in [6, 6.07) is 11.9. The molecule has 0 spiro atoms. The monoisotopic (exact) mass is 379 g/mol. The smallest absolute Gasteiger partial charge is 0.295 e. The van der Waals surface area contributed by atoms with Crippen molar-refractivity contribution in [3.05, 3.63) is 71.1 Å². The van der Waals surface area contributed by atoms with Gasteiger partial charge in [-0.25, -0.2) is 0 Å². The molecule has 1 atom stereocenters. The number of hydrogen-bond acceptors (Lipinski definition) is 5. The first-order chi connectivity index (χ1) is 13.4. The molecule has 0 radical (unpaired) electrons. The third-order valence-corrected chi connectivity index (χ3v) is 4.84. The van der Waals surface area contributed by atoms with Crippen LogP contribution in [-0.4, -0.2) is 58.8 Å². The topological polar surface area (TPSA) is 73.7 Å². The number of aryl methyl sites for hydroxylation is 1. The Balaban J connectivity index is 2.06. The minimum absolute atomic E-state index is 0.0948. The van der Waals surface area contributed by atoms with E-state index in [1.165, 1.54) is 4.90 Å². The maximum absolute atomic E-state index is 12.8. The van der Waals surface area contributed by atoms with Crippen LogP contribution in [0.2, 0.25) is 0 Å². The van der Waals surface area contributed by atoms with Crippen molar-refractivity contribution in [1.29, 1.82) is 0 Å². The third kappa shape index (κ3) is 3.97. The van der Waals surface area contributed by atoms with Gasteiger partial charge >= 0.3 is 0 Å². The lowest BCUT2D eigenvalue weighted by Gasteiger charge is -2.25. The molecule has 146 valence electrons. The van der Waals surface area contributed by atoms with Gasteiger partial charge in [0.05, 0.1) is 11.3 Å². The number of benzene rings is 1. The zero-order valence-corrected chi connectivity index (χ0v) is 16.4. The molecule has 1 aliphatic rings. The average Bonchev–Trinajstić information content (AvgIpc) is 2.93. The maximum Gasteiger partial charge on any atom is 0.295 e. The van der Waals surface area contributed by atoms with Crippen LogP contribution in [0.15, 0.2) is 54.2 Å². The lowest BCUT2D eigenvalue weighted by molar-refractivity contribution is -0.140. The summed E-state index contributed by atoms with van der Waals surface area (Å²) in [7, 11) is 3.92. The first-order valence-electron chi connectivity index (χ1n) is 9.31. The Morgan fingerprint density at radius 2 is 1.86 bits per heavy atom. The molecule has 28 heavy (non-hydrogen) atoms. The molecule has 1 fully saturated rings. The Kier molecular flexibility index (Phi) is 5.90. The van der Waals surface area contributed by atoms with E-state index < -0.39 is 17.7 Å². The number of rotatable bonds is 6. The van der Waals surface area contributed by atoms with Gasteiger partial charge in [0.2, 0.25) is 0 Å². The lowest BCUT2D eigenvalue weighted by atomic mass is 9.98. The molecule has 0 saturated carbocycles. The molecule has 3 rings (SSSR count). The van der Waals surface area contributed by atoms with Gasteiger partial charge in [-0.2, -0.15) is 0 Å². The largest absolute Gasteiger partial charge is 0.507 e. The van der Waals surface area contributed by atoms with E-state index in [-0.39, 0.29) is 11.3 Å². The number of nitrogens with zero attached hydrogens (tertiary/aromatic N) is 3. The molecule has 0 aliphatic carbocycles. The molecule has 1 amide bonds. The number of carbonyl (C=O) groups excluding carboxylic acids is 2. The van der Waals surface area contributed by atoms with Gasteiger partial charge in [-0.05, 0) is 46.1 Å². The molecule has 6 nitrogen and oxygen atoms in total. The van der Waals surface area contributed by atoms with Crippen LogP contribution in [0.5, 0.6) is 0 Å². The molecule has 1 N–H and O–H groups in total. The van der Waals surface area contributed by atoms with Crippen LogP contribution in [0.3, 0.4) is 0 Å². The van der Waals surface area contributed by atoms with Gasteiger partial charge in [-0.1, -0.05) is 35.9 Å². The van der Waals surface area contributed by atoms with E-state index in [9.17, 15) is 14.7 Å². The molecular weight excluding hydrogens is 354 g/mol. The van der Waals surface area contributed by atoms with Gasteiger partial charge < -0.3 is 14.9 Å². The number of carbonyl (C=O) groups is 2. The highest BCUT2D eigenvalue weighted by molar-refractivity contribution is 6.46. The van der Waals surface area contributed by atoms with E-state index in [1.54, 1.807) is 30.5 Å². The van der Waals surface area contributed by atoms with Crippen LogP contribution >= 0.6 is 0 Å². The molecule has 1 saturated heterocycles. The predicted molar refractivity (Wildman–Crippen MR) is 108 cm³/mol. The molecule has 1 aliphatic heterocycles. The maximum atomic E-state index is 12.8. The van der Waals surface area contributed by atoms with Crippen molar-refractivity contribution >= 4 is 17.4 Å². The summed E-state index contributed by atoms with van der Waals surface area (Å²) >= 11 is 0. The Morgan fingerprint density at radius 1 is 1.14 bits per heavy atom. The van der Waals surface area contributed by atoms with E-state index in [0.29, 0.717) is 24.2 Å². The van der Waals surface area contributed by atoms with Crippen molar-refractivity contribution in [1.82, 2.24) is 14.8 Å². The molecule has 2 aromatic rings. The molecule has 2 heterocycles. The standard InChI is InChI=1S/C22H25N3O3/c1-15-8-10-16(11-9-15)20(26)18-19(17-7-4-5-12-23-17)25(22(28)21(18)27)14-6-13-24(2)3/h4-5,7-12,19,26H,6,13-14H2,1-3H3/b20-18-. The first-order valence-corrected chi connectivity index (χ1v) is 9.31. The molecule has 0 bridgehead atoms. The second-order valence-electron chi connectivity index (χ2n) is 7.27. The van der Waals surface area contributed by atoms with Crippen molar-refractivity contribution in [2.45, 2.75) is 19.4 Å². The second kappa shape index (κ2) is 8.35. The molecule has 6 heteroatoms. The zero-order chi connectivity index (χ0) is 20.3. The van der Waals surface area contributed by atoms with Crippen LogP contribution in [-0.2, 0) is 9.59 Å². The first kappa shape index (κ1) is 19.8. The summed E-state index contributed by atoms with van der Waals surface area (Å²) in [5.74, 6) is -1.43. The number of likely N-dealkylation sites (tertiary alicyclic amines) is 1. The summed E-state index contributed by atoms with van der Waals surface area (Å²) in [6.07, 6.45) is 2.34. The fraction of sp³-hybridized carbons (Fsp3) is 0.318. The number of aliphatic hydroxyl groups is 1. The highest BCUT2D eigenvalue weighted by atomic mass is 16.3. The van der Waals surface area contributed by atoms with Gasteiger partial charge in [0.25, 0.3) is 11.7 Å². The summed E-state index contributed by atoms with van der Waals surface area (Å²) in [5.41, 5.74) is 2.22. The minimum atomic E-state index is -0.690. The molecule has 1 aromatic carbocycles. The quantitative estimate of drug-likeness (QED) is 0.475. The summed E-state index contributed by atoms with van der Waals surface area (Å²) < 4.78 is 0. The Labute approximate surface area is 165 Å². The van der Waals surface area contributed by atoms with Gasteiger partial charge in [-0.15, -0.1) is 0 Å². The van der Waals surface area contributed by atoms with E-state index in [0.717, 1.165) is 12.1 Å². The van der Waals surface area contributed by atoms with Gasteiger partial charge in [0.15, 0.2) is 0 Å². The minimum Gasteiger partial charge on any atom is -0.507 e. The molecule has 1 unspecified atom stereocenters. The van der Waals surface area contributed by atoms with E-state index >= 15 is 0 Å². The number of ketones is 1. The zero-order valence-electron chi connectivity index (χ0n) is 16.4. The van der Waals surface area contributed by atoms with Crippen molar-refractivity contribution in [2.75, 3.05) is 27.2 Å². The summed E-state index contributed by atoms with van der Waals surface area (Å²) in [6.45, 7) is 3.14. The average molecular weight is 379 g/mol. The van der Waals surface area contributed by atoms with Crippen molar-refractivity contribution in [2.24, 2.45) is 0 Å². The fourth-order valence-corrected chi connectivity index (χ4v) is 3.38. The fourth-order valence-electron chi connectivity index (χ4n) is 3.38. The van der Waals surface area contributed by atoms with Crippen molar-refractivity contribution in [3.63, 3.8) is 0 Å². The Hall–Kier alpha value is -2.99. The van der Waals surface area contributed by atoms with Gasteiger partial charge in [0.1, 0.15) is 11.8 Å². The van der Waals surface area contributed by atoms with Crippen LogP contribution in [0.25, 0.3) is 5.76 Å². The number of pyridine rings is 1. The summed E-state index contributed by atoms with van der Waals surface area (Å²) in [4.78, 5) is 33.5. The molecular formula is C22H25N3O3. The third-order valence-electron chi connectivity index (χ3n) is 4.84. The SMILES string of the molecule is Cc1ccc(/C(O)=C2/C(=O)C(=O)N(CCCN(C)C)C2c2ccccn2)cc1. The number of hydrogen-bond donors (Lipinski definition) is 1. The highest BCUT2D eigenvalue weighted by Crippen LogP contribution is 2.38. The second-order valence-corrected chi connectivity index (χ2v) is 7.27. The summed E-state index contributed by atoms with van der Waals surface area (Å²) in [5, 5.41) is 10.9. The van der Waals surface area contributed by atoms with Gasteiger partial charge in [-0.3, -0.25) is 14.6 Å². The number of aromatic nitrogens is 1. The van der Waals surface area contributed by atoms with Crippen molar-refractivity contribution in [3.8, 4) is 0 Å². The Bertz CT molecular complexity index is 889. The normalized spacial score (nSPS) is 18.9. The number of aliphatic hydroxyl groups excluding tert-OH is 1. The van der Waals surface area contributed by atoms with Crippen LogP contribution < -0.4 is 0 Å². The van der Waals surface area contributed by atoms with E-state index in [2.05, 4.69) is 4.98 Å². The van der Waals surface area contributed by atoms with E-state index in [1.807, 2.05) is 44.1 Å². The van der Waals surface area contributed by atoms with Crippen molar-refractivity contribution < 1.29 is 14.7 Å². The number of Topliss-reactive ketones (excluding diaryl/α,β-unsaturated/α-hetero) is 1. The predicted octanol–water partition coefficient (Wildman–Crippen LogP) is 2.76. The molecule has 1 aromatic heterocycles. The number of amides is 1. The Morgan fingerprint density at radius 3 is 2.46 bits per heavy atom. The highest BCUT2D eigenvalue weighted by Gasteiger charge is 2.46.